The second-order valence-electron chi connectivity index (χ2n) is 5.10. The van der Waals surface area contributed by atoms with E-state index in [0.717, 1.165) is 0 Å². The maximum Gasteiger partial charge on any atom is 0.276 e. The average molecular weight is 378 g/mol. The molecule has 2 rings (SSSR count). The van der Waals surface area contributed by atoms with E-state index in [1.807, 2.05) is 13.8 Å². The fraction of sp³-hybridized carbons (Fsp3) is 0.278. The summed E-state index contributed by atoms with van der Waals surface area (Å²) in [7, 11) is -2.22. The summed E-state index contributed by atoms with van der Waals surface area (Å²) < 4.78 is 40.5. The smallest absolute Gasteiger partial charge is 0.276 e. The number of benzene rings is 2. The summed E-state index contributed by atoms with van der Waals surface area (Å²) >= 11 is 0. The van der Waals surface area contributed by atoms with Crippen LogP contribution in [0.1, 0.15) is 19.4 Å². The zero-order valence-corrected chi connectivity index (χ0v) is 15.7. The predicted octanol–water partition coefficient (Wildman–Crippen LogP) is 2.81. The minimum atomic E-state index is -3.75. The molecule has 7 nitrogen and oxygen atoms in total. The lowest BCUT2D eigenvalue weighted by atomic mass is 10.2. The second-order valence-corrected chi connectivity index (χ2v) is 6.76. The Bertz CT molecular complexity index is 848. The van der Waals surface area contributed by atoms with Crippen molar-refractivity contribution in [3.63, 3.8) is 0 Å². The zero-order valence-electron chi connectivity index (χ0n) is 14.9. The van der Waals surface area contributed by atoms with E-state index < -0.39 is 10.0 Å². The lowest BCUT2D eigenvalue weighted by Gasteiger charge is -2.09. The van der Waals surface area contributed by atoms with Crippen LogP contribution in [0.4, 0.5) is 0 Å². The van der Waals surface area contributed by atoms with E-state index in [9.17, 15) is 8.42 Å². The highest BCUT2D eigenvalue weighted by Crippen LogP contribution is 2.27. The van der Waals surface area contributed by atoms with Crippen LogP contribution in [0.15, 0.2) is 52.5 Å². The van der Waals surface area contributed by atoms with E-state index >= 15 is 0 Å². The van der Waals surface area contributed by atoms with Crippen molar-refractivity contribution >= 4 is 16.2 Å². The Morgan fingerprint density at radius 1 is 1.00 bits per heavy atom. The molecule has 140 valence electrons. The quantitative estimate of drug-likeness (QED) is 0.536. The first-order valence-corrected chi connectivity index (χ1v) is 9.57. The van der Waals surface area contributed by atoms with Crippen molar-refractivity contribution in [2.45, 2.75) is 18.7 Å². The summed E-state index contributed by atoms with van der Waals surface area (Å²) in [5, 5.41) is 3.81. The molecular weight excluding hydrogens is 356 g/mol. The fourth-order valence-electron chi connectivity index (χ4n) is 2.14. The maximum atomic E-state index is 12.2. The van der Waals surface area contributed by atoms with Crippen LogP contribution in [0.25, 0.3) is 0 Å². The molecule has 8 heteroatoms. The van der Waals surface area contributed by atoms with Crippen LogP contribution in [0, 0.1) is 0 Å². The van der Waals surface area contributed by atoms with Gasteiger partial charge in [-0.3, -0.25) is 0 Å². The Morgan fingerprint density at radius 2 is 1.69 bits per heavy atom. The molecular formula is C18H22N2O5S. The van der Waals surface area contributed by atoms with E-state index in [0.29, 0.717) is 36.0 Å². The van der Waals surface area contributed by atoms with Crippen LogP contribution >= 0.6 is 0 Å². The average Bonchev–Trinajstić information content (AvgIpc) is 2.63. The van der Waals surface area contributed by atoms with E-state index in [1.54, 1.807) is 30.3 Å². The first-order chi connectivity index (χ1) is 12.5. The highest BCUT2D eigenvalue weighted by atomic mass is 32.2. The number of hydrazone groups is 1. The molecule has 2 aromatic rings. The molecule has 0 radical (unpaired) electrons. The molecule has 0 saturated carbocycles. The standard InChI is InChI=1S/C18H22N2O5S/c1-4-24-15-7-9-16(10-8-15)26(21,22)20-19-13-14-6-11-17(25-5-2)18(12-14)23-3/h6-13,20H,4-5H2,1-3H3/b19-13+. The second kappa shape index (κ2) is 9.10. The van der Waals surface area contributed by atoms with E-state index in [4.69, 9.17) is 14.2 Å². The van der Waals surface area contributed by atoms with Gasteiger partial charge in [-0.05, 0) is 61.9 Å². The molecule has 0 aromatic heterocycles. The highest BCUT2D eigenvalue weighted by molar-refractivity contribution is 7.89. The lowest BCUT2D eigenvalue weighted by Crippen LogP contribution is -2.18. The van der Waals surface area contributed by atoms with Crippen molar-refractivity contribution in [3.05, 3.63) is 48.0 Å². The Balaban J connectivity index is 2.08. The first-order valence-electron chi connectivity index (χ1n) is 8.08. The summed E-state index contributed by atoms with van der Waals surface area (Å²) in [5.74, 6) is 1.77. The molecule has 2 aromatic carbocycles. The zero-order chi connectivity index (χ0) is 19.0. The van der Waals surface area contributed by atoms with Gasteiger partial charge in [-0.2, -0.15) is 13.5 Å². The van der Waals surface area contributed by atoms with Gasteiger partial charge in [-0.1, -0.05) is 0 Å². The Kier molecular flexibility index (Phi) is 6.85. The monoisotopic (exact) mass is 378 g/mol. The largest absolute Gasteiger partial charge is 0.494 e. The summed E-state index contributed by atoms with van der Waals surface area (Å²) in [6.45, 7) is 4.77. The SMILES string of the molecule is CCOc1ccc(S(=O)(=O)N/N=C/c2ccc(OCC)c(OC)c2)cc1. The molecule has 0 atom stereocenters. The van der Waals surface area contributed by atoms with Crippen LogP contribution in [-0.4, -0.2) is 35.0 Å². The third-order valence-electron chi connectivity index (χ3n) is 3.32. The van der Waals surface area contributed by atoms with Crippen molar-refractivity contribution in [3.8, 4) is 17.2 Å². The molecule has 0 fully saturated rings. The van der Waals surface area contributed by atoms with Crippen molar-refractivity contribution in [1.82, 2.24) is 4.83 Å². The molecule has 0 aliphatic carbocycles. The van der Waals surface area contributed by atoms with Gasteiger partial charge in [0.05, 0.1) is 31.4 Å². The summed E-state index contributed by atoms with van der Waals surface area (Å²) in [6.07, 6.45) is 1.39. The lowest BCUT2D eigenvalue weighted by molar-refractivity contribution is 0.311. The minimum Gasteiger partial charge on any atom is -0.494 e. The van der Waals surface area contributed by atoms with Gasteiger partial charge >= 0.3 is 0 Å². The van der Waals surface area contributed by atoms with E-state index in [-0.39, 0.29) is 4.90 Å². The van der Waals surface area contributed by atoms with Crippen LogP contribution in [0.3, 0.4) is 0 Å². The van der Waals surface area contributed by atoms with Gasteiger partial charge in [-0.25, -0.2) is 4.83 Å². The number of hydrogen-bond donors (Lipinski definition) is 1. The third kappa shape index (κ3) is 5.13. The summed E-state index contributed by atoms with van der Waals surface area (Å²) in [5.41, 5.74) is 0.666. The van der Waals surface area contributed by atoms with Gasteiger partial charge < -0.3 is 14.2 Å². The van der Waals surface area contributed by atoms with Crippen LogP contribution in [0.2, 0.25) is 0 Å². The van der Waals surface area contributed by atoms with Crippen molar-refractivity contribution < 1.29 is 22.6 Å². The highest BCUT2D eigenvalue weighted by Gasteiger charge is 2.12. The molecule has 0 saturated heterocycles. The van der Waals surface area contributed by atoms with E-state index in [1.165, 1.54) is 25.5 Å². The van der Waals surface area contributed by atoms with Crippen LogP contribution in [-0.2, 0) is 10.0 Å². The molecule has 0 heterocycles. The number of rotatable bonds is 9. The molecule has 0 spiro atoms. The number of sulfonamides is 1. The number of ether oxygens (including phenoxy) is 3. The van der Waals surface area contributed by atoms with Gasteiger partial charge in [0.15, 0.2) is 11.5 Å². The van der Waals surface area contributed by atoms with Crippen LogP contribution in [0.5, 0.6) is 17.2 Å². The predicted molar refractivity (Wildman–Crippen MR) is 99.7 cm³/mol. The number of nitrogens with zero attached hydrogens (tertiary/aromatic N) is 1. The topological polar surface area (TPSA) is 86.2 Å². The molecule has 0 amide bonds. The van der Waals surface area contributed by atoms with E-state index in [2.05, 4.69) is 9.93 Å². The summed E-state index contributed by atoms with van der Waals surface area (Å²) in [4.78, 5) is 2.28. The molecule has 0 aliphatic rings. The molecule has 0 unspecified atom stereocenters. The third-order valence-corrected chi connectivity index (χ3v) is 4.56. The number of hydrogen-bond acceptors (Lipinski definition) is 6. The van der Waals surface area contributed by atoms with Gasteiger partial charge in [0.25, 0.3) is 10.0 Å². The molecule has 0 aliphatic heterocycles. The Hall–Kier alpha value is -2.74. The Morgan fingerprint density at radius 3 is 2.31 bits per heavy atom. The molecule has 0 bridgehead atoms. The fourth-order valence-corrected chi connectivity index (χ4v) is 2.94. The van der Waals surface area contributed by atoms with Crippen molar-refractivity contribution in [1.29, 1.82) is 0 Å². The number of methoxy groups -OCH3 is 1. The maximum absolute atomic E-state index is 12.2. The summed E-state index contributed by atoms with van der Waals surface area (Å²) in [6, 6.07) is 11.3. The molecule has 1 N–H and O–H groups in total. The minimum absolute atomic E-state index is 0.0994. The van der Waals surface area contributed by atoms with Gasteiger partial charge in [0, 0.05) is 0 Å². The molecule has 26 heavy (non-hydrogen) atoms. The van der Waals surface area contributed by atoms with Crippen LogP contribution < -0.4 is 19.0 Å². The first kappa shape index (κ1) is 19.6. The van der Waals surface area contributed by atoms with Crippen molar-refractivity contribution in [2.24, 2.45) is 5.10 Å². The van der Waals surface area contributed by atoms with Gasteiger partial charge in [0.1, 0.15) is 5.75 Å². The Labute approximate surface area is 153 Å². The normalized spacial score (nSPS) is 11.3. The number of nitrogens with one attached hydrogen (secondary N) is 1. The van der Waals surface area contributed by atoms with Gasteiger partial charge in [-0.15, -0.1) is 0 Å². The van der Waals surface area contributed by atoms with Gasteiger partial charge in [0.2, 0.25) is 0 Å². The van der Waals surface area contributed by atoms with Crippen molar-refractivity contribution in [2.75, 3.05) is 20.3 Å².